The molecule has 0 saturated heterocycles. The molecular weight excluding hydrogens is 381 g/mol. The minimum Gasteiger partial charge on any atom is -0.350 e. The molecule has 0 saturated carbocycles. The molecule has 0 heterocycles. The molecule has 0 spiro atoms. The maximum absolute atomic E-state index is 12.6. The molecule has 0 fully saturated rings. The predicted octanol–water partition coefficient (Wildman–Crippen LogP) is 4.03. The van der Waals surface area contributed by atoms with E-state index in [1.165, 1.54) is 12.1 Å². The fourth-order valence-corrected chi connectivity index (χ4v) is 3.28. The van der Waals surface area contributed by atoms with E-state index in [1.807, 2.05) is 13.8 Å². The van der Waals surface area contributed by atoms with E-state index < -0.39 is 27.7 Å². The summed E-state index contributed by atoms with van der Waals surface area (Å²) in [5.74, 6) is -0.449. The Morgan fingerprint density at radius 2 is 1.67 bits per heavy atom. The van der Waals surface area contributed by atoms with Crippen molar-refractivity contribution in [2.75, 3.05) is 4.72 Å². The molecule has 27 heavy (non-hydrogen) atoms. The molecule has 0 aliphatic heterocycles. The van der Waals surface area contributed by atoms with E-state index in [2.05, 4.69) is 10.0 Å². The van der Waals surface area contributed by atoms with Gasteiger partial charge in [-0.05, 0) is 49.7 Å². The molecule has 2 aromatic carbocycles. The zero-order valence-electron chi connectivity index (χ0n) is 14.7. The maximum atomic E-state index is 12.6. The summed E-state index contributed by atoms with van der Waals surface area (Å²) in [6, 6.07) is 9.02. The lowest BCUT2D eigenvalue weighted by atomic mass is 10.1. The van der Waals surface area contributed by atoms with Crippen LogP contribution in [0.5, 0.6) is 0 Å². The lowest BCUT2D eigenvalue weighted by Gasteiger charge is -2.15. The number of halogens is 3. The van der Waals surface area contributed by atoms with Gasteiger partial charge in [-0.1, -0.05) is 19.1 Å². The van der Waals surface area contributed by atoms with Gasteiger partial charge in [-0.3, -0.25) is 9.52 Å². The van der Waals surface area contributed by atoms with Gasteiger partial charge >= 0.3 is 6.18 Å². The van der Waals surface area contributed by atoms with Crippen LogP contribution in [0.3, 0.4) is 0 Å². The zero-order chi connectivity index (χ0) is 20.2. The summed E-state index contributed by atoms with van der Waals surface area (Å²) in [6.45, 7) is 3.71. The molecule has 0 unspecified atom stereocenters. The second-order valence-electron chi connectivity index (χ2n) is 5.96. The molecule has 0 radical (unpaired) electrons. The fourth-order valence-electron chi connectivity index (χ4n) is 2.20. The van der Waals surface area contributed by atoms with Crippen LogP contribution in [-0.4, -0.2) is 20.4 Å². The number of anilines is 1. The summed E-state index contributed by atoms with van der Waals surface area (Å²) in [6.07, 6.45) is -3.86. The second kappa shape index (κ2) is 7.99. The second-order valence-corrected chi connectivity index (χ2v) is 7.64. The van der Waals surface area contributed by atoms with Crippen molar-refractivity contribution in [3.8, 4) is 0 Å². The largest absolute Gasteiger partial charge is 0.416 e. The van der Waals surface area contributed by atoms with E-state index in [1.54, 1.807) is 12.1 Å². The normalized spacial score (nSPS) is 13.1. The number of alkyl halides is 3. The summed E-state index contributed by atoms with van der Waals surface area (Å²) in [4.78, 5) is 12.0. The number of benzene rings is 2. The van der Waals surface area contributed by atoms with Crippen molar-refractivity contribution < 1.29 is 26.4 Å². The highest BCUT2D eigenvalue weighted by atomic mass is 32.2. The summed E-state index contributed by atoms with van der Waals surface area (Å²) in [5, 5.41) is 2.74. The van der Waals surface area contributed by atoms with Gasteiger partial charge in [0.05, 0.1) is 21.7 Å². The number of rotatable bonds is 6. The Morgan fingerprint density at radius 1 is 1.07 bits per heavy atom. The molecule has 0 bridgehead atoms. The number of amides is 1. The first kappa shape index (κ1) is 20.8. The van der Waals surface area contributed by atoms with Gasteiger partial charge in [-0.15, -0.1) is 0 Å². The first-order chi connectivity index (χ1) is 12.5. The number of para-hydroxylation sites is 1. The van der Waals surface area contributed by atoms with Gasteiger partial charge in [0.25, 0.3) is 15.9 Å². The molecule has 0 aliphatic rings. The van der Waals surface area contributed by atoms with Crippen molar-refractivity contribution in [1.29, 1.82) is 0 Å². The Kier molecular flexibility index (Phi) is 6.15. The lowest BCUT2D eigenvalue weighted by Crippen LogP contribution is -2.32. The summed E-state index contributed by atoms with van der Waals surface area (Å²) >= 11 is 0. The van der Waals surface area contributed by atoms with Gasteiger partial charge in [-0.2, -0.15) is 13.2 Å². The smallest absolute Gasteiger partial charge is 0.350 e. The average molecular weight is 400 g/mol. The van der Waals surface area contributed by atoms with Gasteiger partial charge in [0.1, 0.15) is 0 Å². The first-order valence-electron chi connectivity index (χ1n) is 8.14. The van der Waals surface area contributed by atoms with Gasteiger partial charge in [0.2, 0.25) is 0 Å². The average Bonchev–Trinajstić information content (AvgIpc) is 2.61. The standard InChI is InChI=1S/C18H19F3N2O3S/c1-3-12(2)22-17(24)15-6-4-5-7-16(15)23-27(25,26)14-10-8-13(9-11-14)18(19,20)21/h4-12,23H,3H2,1-2H3,(H,22,24)/t12-/m1/s1. The van der Waals surface area contributed by atoms with Crippen LogP contribution in [0.15, 0.2) is 53.4 Å². The number of nitrogens with one attached hydrogen (secondary N) is 2. The summed E-state index contributed by atoms with van der Waals surface area (Å²) in [5.41, 5.74) is -0.790. The molecule has 0 aromatic heterocycles. The lowest BCUT2D eigenvalue weighted by molar-refractivity contribution is -0.137. The van der Waals surface area contributed by atoms with Crippen LogP contribution in [0, 0.1) is 0 Å². The molecule has 146 valence electrons. The van der Waals surface area contributed by atoms with E-state index in [0.717, 1.165) is 12.1 Å². The van der Waals surface area contributed by atoms with Gasteiger partial charge in [0.15, 0.2) is 0 Å². The first-order valence-corrected chi connectivity index (χ1v) is 9.63. The summed E-state index contributed by atoms with van der Waals surface area (Å²) in [7, 11) is -4.16. The molecular formula is C18H19F3N2O3S. The van der Waals surface area contributed by atoms with Crippen LogP contribution in [-0.2, 0) is 16.2 Å². The maximum Gasteiger partial charge on any atom is 0.416 e. The molecule has 1 amide bonds. The van der Waals surface area contributed by atoms with Crippen LogP contribution in [0.2, 0.25) is 0 Å². The minimum atomic E-state index is -4.56. The topological polar surface area (TPSA) is 75.3 Å². The SMILES string of the molecule is CC[C@@H](C)NC(=O)c1ccccc1NS(=O)(=O)c1ccc(C(F)(F)F)cc1. The Bertz CT molecular complexity index is 910. The molecule has 2 N–H and O–H groups in total. The highest BCUT2D eigenvalue weighted by molar-refractivity contribution is 7.92. The van der Waals surface area contributed by atoms with Crippen molar-refractivity contribution >= 4 is 21.6 Å². The van der Waals surface area contributed by atoms with E-state index in [4.69, 9.17) is 0 Å². The van der Waals surface area contributed by atoms with Crippen molar-refractivity contribution in [3.05, 3.63) is 59.7 Å². The van der Waals surface area contributed by atoms with Crippen LogP contribution >= 0.6 is 0 Å². The molecule has 1 atom stereocenters. The highest BCUT2D eigenvalue weighted by Gasteiger charge is 2.30. The van der Waals surface area contributed by atoms with Crippen LogP contribution in [0.25, 0.3) is 0 Å². The molecule has 2 rings (SSSR count). The highest BCUT2D eigenvalue weighted by Crippen LogP contribution is 2.30. The molecule has 2 aromatic rings. The number of hydrogen-bond donors (Lipinski definition) is 2. The van der Waals surface area contributed by atoms with Crippen LogP contribution in [0.1, 0.15) is 36.2 Å². The predicted molar refractivity (Wildman–Crippen MR) is 95.9 cm³/mol. The third-order valence-corrected chi connectivity index (χ3v) is 5.28. The monoisotopic (exact) mass is 400 g/mol. The number of sulfonamides is 1. The zero-order valence-corrected chi connectivity index (χ0v) is 15.5. The van der Waals surface area contributed by atoms with Gasteiger partial charge in [-0.25, -0.2) is 8.42 Å². The third-order valence-electron chi connectivity index (χ3n) is 3.90. The van der Waals surface area contributed by atoms with Gasteiger partial charge < -0.3 is 5.32 Å². The van der Waals surface area contributed by atoms with Crippen molar-refractivity contribution in [2.24, 2.45) is 0 Å². The third kappa shape index (κ3) is 5.22. The molecule has 9 heteroatoms. The van der Waals surface area contributed by atoms with Crippen molar-refractivity contribution in [1.82, 2.24) is 5.32 Å². The fraction of sp³-hybridized carbons (Fsp3) is 0.278. The van der Waals surface area contributed by atoms with Crippen LogP contribution in [0.4, 0.5) is 18.9 Å². The number of carbonyl (C=O) groups excluding carboxylic acids is 1. The Morgan fingerprint density at radius 3 is 2.22 bits per heavy atom. The Labute approximate surface area is 155 Å². The van der Waals surface area contributed by atoms with Crippen LogP contribution < -0.4 is 10.0 Å². The van der Waals surface area contributed by atoms with Crippen molar-refractivity contribution in [2.45, 2.75) is 37.4 Å². The van der Waals surface area contributed by atoms with E-state index >= 15 is 0 Å². The Balaban J connectivity index is 2.29. The number of hydrogen-bond acceptors (Lipinski definition) is 3. The minimum absolute atomic E-state index is 0.0400. The van der Waals surface area contributed by atoms with E-state index in [-0.39, 0.29) is 22.2 Å². The molecule has 0 aliphatic carbocycles. The van der Waals surface area contributed by atoms with E-state index in [9.17, 15) is 26.4 Å². The van der Waals surface area contributed by atoms with Crippen molar-refractivity contribution in [3.63, 3.8) is 0 Å². The Hall–Kier alpha value is -2.55. The molecule has 5 nitrogen and oxygen atoms in total. The number of carbonyl (C=O) groups is 1. The van der Waals surface area contributed by atoms with Gasteiger partial charge in [0, 0.05) is 6.04 Å². The quantitative estimate of drug-likeness (QED) is 0.769. The van der Waals surface area contributed by atoms with E-state index in [0.29, 0.717) is 18.6 Å². The summed E-state index contributed by atoms with van der Waals surface area (Å²) < 4.78 is 65.1.